The number of halogens is 2. The first-order chi connectivity index (χ1) is 24.4. The first-order valence-corrected chi connectivity index (χ1v) is 19.3. The van der Waals surface area contributed by atoms with E-state index in [1.54, 1.807) is 32.0 Å². The fourth-order valence-electron chi connectivity index (χ4n) is 6.66. The fraction of sp³-hybridized carbons (Fsp3) is 0.559. The Morgan fingerprint density at radius 2 is 1.73 bits per heavy atom. The van der Waals surface area contributed by atoms with Crippen LogP contribution in [0.4, 0.5) is 8.78 Å². The monoisotopic (exact) mass is 764 g/mol. The van der Waals surface area contributed by atoms with E-state index in [0.717, 1.165) is 28.7 Å². The highest BCUT2D eigenvalue weighted by Gasteiger charge is 2.42. The number of hydrogen-bond acceptors (Lipinski definition) is 11. The molecule has 18 heteroatoms. The third-order valence-electron chi connectivity index (χ3n) is 10.1. The summed E-state index contributed by atoms with van der Waals surface area (Å²) < 4.78 is 74.2. The molecule has 1 amide bonds. The molecule has 2 aliphatic heterocycles. The molecule has 0 spiro atoms. The summed E-state index contributed by atoms with van der Waals surface area (Å²) in [5, 5.41) is 8.89. The number of sulfonamides is 1. The highest BCUT2D eigenvalue weighted by atomic mass is 32.2. The Bertz CT molecular complexity index is 2180. The number of para-hydroxylation sites is 1. The molecule has 282 valence electrons. The molecule has 2 bridgehead atoms. The maximum Gasteiger partial charge on any atom is 0.387 e. The number of hydrogen-bond donors (Lipinski definition) is 1. The quantitative estimate of drug-likeness (QED) is 0.204. The van der Waals surface area contributed by atoms with Gasteiger partial charge in [0.05, 0.1) is 47.4 Å². The van der Waals surface area contributed by atoms with Crippen molar-refractivity contribution in [2.45, 2.75) is 122 Å². The van der Waals surface area contributed by atoms with Gasteiger partial charge in [0.25, 0.3) is 11.5 Å². The van der Waals surface area contributed by atoms with Crippen LogP contribution in [0.25, 0.3) is 15.2 Å². The number of alkyl halides is 2. The molecule has 1 N–H and O–H groups in total. The van der Waals surface area contributed by atoms with Crippen molar-refractivity contribution < 1.29 is 36.2 Å². The molecule has 2 aliphatic rings. The van der Waals surface area contributed by atoms with Crippen molar-refractivity contribution in [3.63, 3.8) is 0 Å². The standard InChI is InChI=1S/C34H42F2N6O8S2/c1-7-33(3,4)52(46,47)39-30(44)34(5,6)41-27(43)26-19(2)28(42-37-14-15-38-42)51-29(26)40(32(41)45)18-25(23-10-8-9-11-24(23)50-31(35)36)49-22-16-20-12-13-21(17-22)48-20/h8-11,14-15,20-22,25,31H,7,12-13,16-18H2,1-6H3,(H,39,44)/t20-,21+,22?,25-/m0/s1. The van der Waals surface area contributed by atoms with Crippen molar-refractivity contribution in [2.24, 2.45) is 0 Å². The summed E-state index contributed by atoms with van der Waals surface area (Å²) in [6.45, 7) is 5.35. The molecule has 0 radical (unpaired) electrons. The number of amides is 1. The van der Waals surface area contributed by atoms with Crippen LogP contribution >= 0.6 is 11.3 Å². The van der Waals surface area contributed by atoms with E-state index >= 15 is 0 Å². The third-order valence-corrected chi connectivity index (χ3v) is 13.6. The summed E-state index contributed by atoms with van der Waals surface area (Å²) >= 11 is 1.05. The van der Waals surface area contributed by atoms with Gasteiger partial charge in [-0.3, -0.25) is 18.9 Å². The number of nitrogens with zero attached hydrogens (tertiary/aromatic N) is 5. The smallest absolute Gasteiger partial charge is 0.387 e. The van der Waals surface area contributed by atoms with E-state index in [9.17, 15) is 31.6 Å². The average Bonchev–Trinajstić information content (AvgIpc) is 3.81. The molecule has 14 nitrogen and oxygen atoms in total. The van der Waals surface area contributed by atoms with Crippen LogP contribution in [0.1, 0.15) is 84.0 Å². The van der Waals surface area contributed by atoms with Gasteiger partial charge in [0.15, 0.2) is 0 Å². The summed E-state index contributed by atoms with van der Waals surface area (Å²) in [6.07, 6.45) is 4.47. The Morgan fingerprint density at radius 3 is 2.35 bits per heavy atom. The number of aryl methyl sites for hydroxylation is 1. The maximum atomic E-state index is 14.8. The number of aromatic nitrogens is 5. The number of fused-ring (bicyclic) bond motifs is 3. The molecule has 0 saturated carbocycles. The maximum absolute atomic E-state index is 14.8. The van der Waals surface area contributed by atoms with E-state index in [-0.39, 0.29) is 52.8 Å². The van der Waals surface area contributed by atoms with Gasteiger partial charge < -0.3 is 14.2 Å². The van der Waals surface area contributed by atoms with Gasteiger partial charge in [0.1, 0.15) is 27.2 Å². The first-order valence-electron chi connectivity index (χ1n) is 17.0. The molecule has 4 atom stereocenters. The molecule has 0 aliphatic carbocycles. The first kappa shape index (κ1) is 37.7. The fourth-order valence-corrected chi connectivity index (χ4v) is 9.03. The Kier molecular flexibility index (Phi) is 10.2. The van der Waals surface area contributed by atoms with Gasteiger partial charge in [-0.25, -0.2) is 17.8 Å². The zero-order chi connectivity index (χ0) is 37.7. The van der Waals surface area contributed by atoms with Crippen LogP contribution in [0, 0.1) is 6.92 Å². The zero-order valence-electron chi connectivity index (χ0n) is 29.7. The van der Waals surface area contributed by atoms with Crippen LogP contribution in [0.15, 0.2) is 46.2 Å². The van der Waals surface area contributed by atoms with Gasteiger partial charge in [0, 0.05) is 11.1 Å². The summed E-state index contributed by atoms with van der Waals surface area (Å²) in [7, 11) is -4.25. The summed E-state index contributed by atoms with van der Waals surface area (Å²) in [6, 6.07) is 6.14. The van der Waals surface area contributed by atoms with E-state index in [2.05, 4.69) is 14.9 Å². The number of benzene rings is 1. The second-order valence-corrected chi connectivity index (χ2v) is 17.6. The van der Waals surface area contributed by atoms with Crippen molar-refractivity contribution in [2.75, 3.05) is 0 Å². The van der Waals surface area contributed by atoms with Crippen molar-refractivity contribution in [1.82, 2.24) is 28.9 Å². The normalized spacial score (nSPS) is 20.1. The lowest BCUT2D eigenvalue weighted by molar-refractivity contribution is -0.126. The Morgan fingerprint density at radius 1 is 1.10 bits per heavy atom. The minimum atomic E-state index is -4.25. The van der Waals surface area contributed by atoms with Crippen molar-refractivity contribution in [1.29, 1.82) is 0 Å². The summed E-state index contributed by atoms with van der Waals surface area (Å²) in [5.74, 6) is -1.25. The minimum Gasteiger partial charge on any atom is -0.434 e. The van der Waals surface area contributed by atoms with E-state index in [1.165, 1.54) is 55.5 Å². The molecule has 4 aromatic rings. The van der Waals surface area contributed by atoms with Gasteiger partial charge in [-0.15, -0.1) is 4.80 Å². The number of rotatable bonds is 13. The number of thiophene rings is 1. The third kappa shape index (κ3) is 6.92. The lowest BCUT2D eigenvalue weighted by atomic mass is 10.0. The number of ether oxygens (including phenoxy) is 3. The largest absolute Gasteiger partial charge is 0.434 e. The molecule has 2 saturated heterocycles. The number of carbonyl (C=O) groups excluding carboxylic acids is 1. The summed E-state index contributed by atoms with van der Waals surface area (Å²) in [4.78, 5) is 44.5. The number of carbonyl (C=O) groups is 1. The van der Waals surface area contributed by atoms with Gasteiger partial charge in [-0.2, -0.15) is 19.0 Å². The van der Waals surface area contributed by atoms with Gasteiger partial charge in [-0.05, 0) is 72.8 Å². The molecule has 52 heavy (non-hydrogen) atoms. The van der Waals surface area contributed by atoms with E-state index in [4.69, 9.17) is 14.2 Å². The van der Waals surface area contributed by atoms with Crippen LogP contribution in [0.3, 0.4) is 0 Å². The lowest BCUT2D eigenvalue weighted by Crippen LogP contribution is -2.58. The Balaban J connectivity index is 1.54. The van der Waals surface area contributed by atoms with E-state index in [0.29, 0.717) is 23.4 Å². The molecule has 3 aromatic heterocycles. The lowest BCUT2D eigenvalue weighted by Gasteiger charge is -2.33. The topological polar surface area (TPSA) is 166 Å². The van der Waals surface area contributed by atoms with Crippen LogP contribution in [-0.2, 0) is 36.4 Å². The molecule has 2 fully saturated rings. The zero-order valence-corrected chi connectivity index (χ0v) is 31.3. The van der Waals surface area contributed by atoms with Crippen LogP contribution < -0.4 is 20.7 Å². The van der Waals surface area contributed by atoms with Crippen LogP contribution in [0.2, 0.25) is 0 Å². The molecular weight excluding hydrogens is 723 g/mol. The minimum absolute atomic E-state index is 0.0226. The van der Waals surface area contributed by atoms with E-state index < -0.39 is 50.2 Å². The molecule has 5 heterocycles. The SMILES string of the molecule is CCC(C)(C)S(=O)(=O)NC(=O)C(C)(C)n1c(=O)c2c(C)c(-n3nccn3)sc2n(C[C@H](OC2C[C@H]3CC[C@@H](C2)O3)c2ccccc2OC(F)F)c1=O. The highest BCUT2D eigenvalue weighted by Crippen LogP contribution is 2.39. The van der Waals surface area contributed by atoms with Gasteiger partial charge in [0.2, 0.25) is 10.0 Å². The average molecular weight is 765 g/mol. The van der Waals surface area contributed by atoms with Crippen molar-refractivity contribution >= 4 is 37.5 Å². The molecule has 1 aromatic carbocycles. The Hall–Kier alpha value is -4.00. The second-order valence-electron chi connectivity index (χ2n) is 14.3. The predicted octanol–water partition coefficient (Wildman–Crippen LogP) is 4.55. The van der Waals surface area contributed by atoms with Gasteiger partial charge >= 0.3 is 12.3 Å². The predicted molar refractivity (Wildman–Crippen MR) is 189 cm³/mol. The van der Waals surface area contributed by atoms with Crippen LogP contribution in [-0.4, -0.2) is 68.1 Å². The van der Waals surface area contributed by atoms with Gasteiger partial charge in [-0.1, -0.05) is 36.5 Å². The highest BCUT2D eigenvalue weighted by molar-refractivity contribution is 7.91. The van der Waals surface area contributed by atoms with Crippen molar-refractivity contribution in [3.05, 3.63) is 68.6 Å². The summed E-state index contributed by atoms with van der Waals surface area (Å²) in [5.41, 5.74) is -3.17. The number of nitrogens with one attached hydrogen (secondary N) is 1. The van der Waals surface area contributed by atoms with E-state index in [1.807, 2.05) is 0 Å². The van der Waals surface area contributed by atoms with Crippen molar-refractivity contribution in [3.8, 4) is 10.8 Å². The molecular formula is C34H42F2N6O8S2. The van der Waals surface area contributed by atoms with Crippen LogP contribution in [0.5, 0.6) is 5.75 Å². The molecule has 6 rings (SSSR count). The second kappa shape index (κ2) is 14.1. The molecule has 1 unspecified atom stereocenters. The Labute approximate surface area is 302 Å².